The van der Waals surface area contributed by atoms with Crippen molar-refractivity contribution in [1.29, 1.82) is 0 Å². The molecule has 0 unspecified atom stereocenters. The van der Waals surface area contributed by atoms with Gasteiger partial charge in [-0.25, -0.2) is 0 Å². The van der Waals surface area contributed by atoms with Crippen LogP contribution in [0.4, 0.5) is 17.1 Å². The SMILES string of the molecule is S=C(NCCSCc1ccccc1)Nc1ccc(Nc2ccccc2)cc1. The van der Waals surface area contributed by atoms with E-state index >= 15 is 0 Å². The minimum Gasteiger partial charge on any atom is -0.362 e. The summed E-state index contributed by atoms with van der Waals surface area (Å²) < 4.78 is 0. The summed E-state index contributed by atoms with van der Waals surface area (Å²) in [5.41, 5.74) is 4.45. The minimum atomic E-state index is 0.652. The standard InChI is InChI=1S/C22H23N3S2/c26-22(23-15-16-27-17-18-7-3-1-4-8-18)25-21-13-11-20(12-14-21)24-19-9-5-2-6-10-19/h1-14,24H,15-17H2,(H2,23,25,26). The van der Waals surface area contributed by atoms with E-state index < -0.39 is 0 Å². The molecule has 0 aliphatic carbocycles. The van der Waals surface area contributed by atoms with Gasteiger partial charge < -0.3 is 16.0 Å². The van der Waals surface area contributed by atoms with E-state index in [0.29, 0.717) is 5.11 Å². The summed E-state index contributed by atoms with van der Waals surface area (Å²) in [5, 5.41) is 10.5. The Morgan fingerprint density at radius 3 is 2.04 bits per heavy atom. The van der Waals surface area contributed by atoms with E-state index in [4.69, 9.17) is 12.2 Å². The minimum absolute atomic E-state index is 0.652. The largest absolute Gasteiger partial charge is 0.362 e. The Morgan fingerprint density at radius 2 is 1.33 bits per heavy atom. The van der Waals surface area contributed by atoms with Crippen LogP contribution in [0.5, 0.6) is 0 Å². The molecule has 0 heterocycles. The molecule has 0 aliphatic heterocycles. The molecular weight excluding hydrogens is 370 g/mol. The van der Waals surface area contributed by atoms with Crippen molar-refractivity contribution in [2.24, 2.45) is 0 Å². The molecule has 0 aromatic heterocycles. The van der Waals surface area contributed by atoms with Gasteiger partial charge in [0.15, 0.2) is 5.11 Å². The second-order valence-electron chi connectivity index (χ2n) is 5.99. The van der Waals surface area contributed by atoms with E-state index in [1.165, 1.54) is 5.56 Å². The van der Waals surface area contributed by atoms with Crippen molar-refractivity contribution in [3.8, 4) is 0 Å². The second-order valence-corrected chi connectivity index (χ2v) is 7.50. The second kappa shape index (κ2) is 10.6. The Kier molecular flexibility index (Phi) is 7.56. The molecule has 27 heavy (non-hydrogen) atoms. The lowest BCUT2D eigenvalue weighted by Gasteiger charge is -2.11. The van der Waals surface area contributed by atoms with Crippen LogP contribution in [0, 0.1) is 0 Å². The van der Waals surface area contributed by atoms with Gasteiger partial charge >= 0.3 is 0 Å². The first kappa shape index (κ1) is 19.3. The van der Waals surface area contributed by atoms with E-state index in [9.17, 15) is 0 Å². The molecule has 3 rings (SSSR count). The summed E-state index contributed by atoms with van der Waals surface area (Å²) in [5.74, 6) is 2.04. The lowest BCUT2D eigenvalue weighted by Crippen LogP contribution is -2.30. The van der Waals surface area contributed by atoms with Gasteiger partial charge in [-0.2, -0.15) is 11.8 Å². The summed E-state index contributed by atoms with van der Waals surface area (Å²) in [6.45, 7) is 0.844. The van der Waals surface area contributed by atoms with Crippen molar-refractivity contribution in [2.45, 2.75) is 5.75 Å². The Hall–Kier alpha value is -2.50. The Balaban J connectivity index is 1.35. The number of hydrogen-bond acceptors (Lipinski definition) is 3. The molecule has 3 nitrogen and oxygen atoms in total. The number of thiocarbonyl (C=S) groups is 1. The molecule has 138 valence electrons. The van der Waals surface area contributed by atoms with Crippen molar-refractivity contribution in [2.75, 3.05) is 22.9 Å². The number of nitrogens with one attached hydrogen (secondary N) is 3. The van der Waals surface area contributed by atoms with Gasteiger partial charge in [0.25, 0.3) is 0 Å². The third-order valence-electron chi connectivity index (χ3n) is 3.85. The lowest BCUT2D eigenvalue weighted by atomic mass is 10.2. The van der Waals surface area contributed by atoms with Gasteiger partial charge in [-0.15, -0.1) is 0 Å². The molecule has 0 atom stereocenters. The maximum Gasteiger partial charge on any atom is 0.170 e. The number of benzene rings is 3. The maximum absolute atomic E-state index is 5.37. The fourth-order valence-corrected chi connectivity index (χ4v) is 3.54. The molecule has 0 amide bonds. The van der Waals surface area contributed by atoms with E-state index in [0.717, 1.165) is 35.1 Å². The molecular formula is C22H23N3S2. The zero-order valence-corrected chi connectivity index (χ0v) is 16.7. The van der Waals surface area contributed by atoms with Crippen LogP contribution < -0.4 is 16.0 Å². The third kappa shape index (κ3) is 6.96. The number of rotatable bonds is 8. The number of hydrogen-bond donors (Lipinski definition) is 3. The summed E-state index contributed by atoms with van der Waals surface area (Å²) in [7, 11) is 0. The van der Waals surface area contributed by atoms with Gasteiger partial charge in [-0.1, -0.05) is 48.5 Å². The number of para-hydroxylation sites is 1. The van der Waals surface area contributed by atoms with Crippen molar-refractivity contribution >= 4 is 46.2 Å². The van der Waals surface area contributed by atoms with Gasteiger partial charge in [0, 0.05) is 35.1 Å². The Labute approximate surface area is 170 Å². The zero-order valence-electron chi connectivity index (χ0n) is 15.0. The molecule has 3 aromatic carbocycles. The van der Waals surface area contributed by atoms with Gasteiger partial charge in [0.05, 0.1) is 0 Å². The maximum atomic E-state index is 5.37. The van der Waals surface area contributed by atoms with Crippen LogP contribution in [-0.2, 0) is 5.75 Å². The quantitative estimate of drug-likeness (QED) is 0.340. The highest BCUT2D eigenvalue weighted by atomic mass is 32.2. The van der Waals surface area contributed by atoms with E-state index in [1.807, 2.05) is 72.4 Å². The molecule has 0 radical (unpaired) electrons. The monoisotopic (exact) mass is 393 g/mol. The van der Waals surface area contributed by atoms with Crippen LogP contribution in [0.1, 0.15) is 5.56 Å². The molecule has 0 fully saturated rings. The van der Waals surface area contributed by atoms with Crippen molar-refractivity contribution in [3.05, 3.63) is 90.5 Å². The van der Waals surface area contributed by atoms with Crippen LogP contribution in [0.15, 0.2) is 84.9 Å². The Bertz CT molecular complexity index is 821. The predicted octanol–water partition coefficient (Wildman–Crippen LogP) is 5.65. The van der Waals surface area contributed by atoms with Crippen molar-refractivity contribution in [3.63, 3.8) is 0 Å². The first-order valence-electron chi connectivity index (χ1n) is 8.88. The topological polar surface area (TPSA) is 36.1 Å². The molecule has 0 saturated heterocycles. The van der Waals surface area contributed by atoms with E-state index in [2.05, 4.69) is 40.2 Å². The van der Waals surface area contributed by atoms with Gasteiger partial charge in [-0.3, -0.25) is 0 Å². The zero-order chi connectivity index (χ0) is 18.7. The predicted molar refractivity (Wildman–Crippen MR) is 123 cm³/mol. The first-order valence-corrected chi connectivity index (χ1v) is 10.4. The average molecular weight is 394 g/mol. The first-order chi connectivity index (χ1) is 13.3. The summed E-state index contributed by atoms with van der Waals surface area (Å²) in [4.78, 5) is 0. The number of anilines is 3. The highest BCUT2D eigenvalue weighted by molar-refractivity contribution is 7.98. The normalized spacial score (nSPS) is 10.2. The molecule has 0 saturated carbocycles. The number of thioether (sulfide) groups is 1. The lowest BCUT2D eigenvalue weighted by molar-refractivity contribution is 0.990. The van der Waals surface area contributed by atoms with Crippen molar-refractivity contribution < 1.29 is 0 Å². The average Bonchev–Trinajstić information content (AvgIpc) is 2.71. The van der Waals surface area contributed by atoms with Crippen LogP contribution in [0.3, 0.4) is 0 Å². The van der Waals surface area contributed by atoms with E-state index in [-0.39, 0.29) is 0 Å². The van der Waals surface area contributed by atoms with Crippen LogP contribution >= 0.6 is 24.0 Å². The van der Waals surface area contributed by atoms with Crippen LogP contribution in [0.2, 0.25) is 0 Å². The highest BCUT2D eigenvalue weighted by Gasteiger charge is 1.99. The highest BCUT2D eigenvalue weighted by Crippen LogP contribution is 2.18. The molecule has 3 N–H and O–H groups in total. The third-order valence-corrected chi connectivity index (χ3v) is 5.13. The molecule has 0 bridgehead atoms. The summed E-state index contributed by atoms with van der Waals surface area (Å²) in [6.07, 6.45) is 0. The molecule has 3 aromatic rings. The van der Waals surface area contributed by atoms with Crippen LogP contribution in [0.25, 0.3) is 0 Å². The van der Waals surface area contributed by atoms with Crippen molar-refractivity contribution in [1.82, 2.24) is 5.32 Å². The summed E-state index contributed by atoms with van der Waals surface area (Å²) >= 11 is 7.27. The van der Waals surface area contributed by atoms with Gasteiger partial charge in [-0.05, 0) is 54.2 Å². The van der Waals surface area contributed by atoms with E-state index in [1.54, 1.807) is 0 Å². The summed E-state index contributed by atoms with van der Waals surface area (Å²) in [6, 6.07) is 28.7. The fourth-order valence-electron chi connectivity index (χ4n) is 2.50. The smallest absolute Gasteiger partial charge is 0.170 e. The van der Waals surface area contributed by atoms with Gasteiger partial charge in [0.2, 0.25) is 0 Å². The van der Waals surface area contributed by atoms with Crippen LogP contribution in [-0.4, -0.2) is 17.4 Å². The molecule has 0 spiro atoms. The molecule has 0 aliphatic rings. The van der Waals surface area contributed by atoms with Gasteiger partial charge in [0.1, 0.15) is 0 Å². The molecule has 5 heteroatoms. The fraction of sp³-hybridized carbons (Fsp3) is 0.136. The Morgan fingerprint density at radius 1 is 0.741 bits per heavy atom.